The number of amides is 2. The van der Waals surface area contributed by atoms with E-state index in [9.17, 15) is 19.5 Å². The lowest BCUT2D eigenvalue weighted by molar-refractivity contribution is -0.149. The van der Waals surface area contributed by atoms with Crippen molar-refractivity contribution in [2.75, 3.05) is 11.9 Å². The Kier molecular flexibility index (Phi) is 8.34. The van der Waals surface area contributed by atoms with E-state index in [4.69, 9.17) is 0 Å². The van der Waals surface area contributed by atoms with Gasteiger partial charge in [0.2, 0.25) is 11.8 Å². The Morgan fingerprint density at radius 1 is 1.21 bits per heavy atom. The van der Waals surface area contributed by atoms with Crippen molar-refractivity contribution in [3.8, 4) is 0 Å². The Morgan fingerprint density at radius 2 is 1.97 bits per heavy atom. The Labute approximate surface area is 193 Å². The number of carbonyl (C=O) groups excluding carboxylic acids is 2. The molecule has 1 aliphatic rings. The van der Waals surface area contributed by atoms with Gasteiger partial charge in [-0.3, -0.25) is 14.6 Å². The highest BCUT2D eigenvalue weighted by Gasteiger charge is 2.38. The van der Waals surface area contributed by atoms with Crippen molar-refractivity contribution in [3.05, 3.63) is 54.5 Å². The van der Waals surface area contributed by atoms with Crippen LogP contribution in [0.3, 0.4) is 0 Å². The number of carboxylic acid groups (broad SMARTS) is 1. The molecular formula is C24H31N5O4. The molecule has 1 saturated heterocycles. The average Bonchev–Trinajstić information content (AvgIpc) is 3.33. The van der Waals surface area contributed by atoms with Crippen molar-refractivity contribution >= 4 is 23.6 Å². The molecule has 0 spiro atoms. The van der Waals surface area contributed by atoms with Gasteiger partial charge in [-0.2, -0.15) is 0 Å². The second kappa shape index (κ2) is 11.4. The lowest BCUT2D eigenvalue weighted by Gasteiger charge is -2.30. The first-order chi connectivity index (χ1) is 15.9. The molecule has 33 heavy (non-hydrogen) atoms. The van der Waals surface area contributed by atoms with Gasteiger partial charge in [0.05, 0.1) is 6.20 Å². The van der Waals surface area contributed by atoms with E-state index in [1.807, 2.05) is 44.2 Å². The molecule has 0 radical (unpaired) electrons. The summed E-state index contributed by atoms with van der Waals surface area (Å²) in [5.74, 6) is -1.31. The van der Waals surface area contributed by atoms with E-state index in [0.29, 0.717) is 25.2 Å². The fourth-order valence-electron chi connectivity index (χ4n) is 4.03. The molecule has 9 nitrogen and oxygen atoms in total. The third kappa shape index (κ3) is 6.27. The smallest absolute Gasteiger partial charge is 0.326 e. The Balaban J connectivity index is 1.83. The summed E-state index contributed by atoms with van der Waals surface area (Å²) in [6, 6.07) is 7.00. The third-order valence-corrected chi connectivity index (χ3v) is 6.08. The minimum Gasteiger partial charge on any atom is -0.480 e. The standard InChI is InChI=1S/C24H31N5O4/c1-3-16(2)21(28-20-15-25-11-12-26-20)22(30)27-18(14-17-8-5-4-6-9-17)23(31)29-13-7-10-19(29)24(32)33/h4-6,8-9,11-12,15-16,18-19,21H,3,7,10,13-14H2,1-2H3,(H,26,28)(H,27,30)(H,32,33)/t16?,18?,19-,21?/m0/s1. The second-order valence-electron chi connectivity index (χ2n) is 8.38. The molecule has 176 valence electrons. The molecule has 3 rings (SSSR count). The molecule has 1 aliphatic heterocycles. The molecule has 0 saturated carbocycles. The summed E-state index contributed by atoms with van der Waals surface area (Å²) in [5.41, 5.74) is 0.879. The van der Waals surface area contributed by atoms with E-state index in [1.54, 1.807) is 6.20 Å². The van der Waals surface area contributed by atoms with Crippen molar-refractivity contribution in [3.63, 3.8) is 0 Å². The number of aliphatic carboxylic acids is 1. The van der Waals surface area contributed by atoms with Crippen LogP contribution in [0, 0.1) is 5.92 Å². The van der Waals surface area contributed by atoms with Gasteiger partial charge in [-0.05, 0) is 24.3 Å². The van der Waals surface area contributed by atoms with E-state index in [2.05, 4.69) is 20.6 Å². The summed E-state index contributed by atoms with van der Waals surface area (Å²) in [6.45, 7) is 4.30. The topological polar surface area (TPSA) is 125 Å². The van der Waals surface area contributed by atoms with Gasteiger partial charge in [-0.25, -0.2) is 9.78 Å². The first kappa shape index (κ1) is 24.2. The number of likely N-dealkylation sites (tertiary alicyclic amines) is 1. The largest absolute Gasteiger partial charge is 0.480 e. The van der Waals surface area contributed by atoms with Crippen LogP contribution in [0.25, 0.3) is 0 Å². The van der Waals surface area contributed by atoms with Gasteiger partial charge < -0.3 is 20.6 Å². The van der Waals surface area contributed by atoms with E-state index < -0.39 is 24.1 Å². The second-order valence-corrected chi connectivity index (χ2v) is 8.38. The number of rotatable bonds is 10. The van der Waals surface area contributed by atoms with Gasteiger partial charge in [0.1, 0.15) is 23.9 Å². The lowest BCUT2D eigenvalue weighted by atomic mass is 9.97. The minimum atomic E-state index is -1.02. The number of aromatic nitrogens is 2. The summed E-state index contributed by atoms with van der Waals surface area (Å²) < 4.78 is 0. The maximum atomic E-state index is 13.4. The van der Waals surface area contributed by atoms with Gasteiger partial charge >= 0.3 is 5.97 Å². The van der Waals surface area contributed by atoms with Crippen molar-refractivity contribution in [1.29, 1.82) is 0 Å². The number of hydrogen-bond acceptors (Lipinski definition) is 6. The van der Waals surface area contributed by atoms with Crippen LogP contribution in [0.2, 0.25) is 0 Å². The monoisotopic (exact) mass is 453 g/mol. The Hall–Kier alpha value is -3.49. The molecule has 3 N–H and O–H groups in total. The quantitative estimate of drug-likeness (QED) is 0.503. The third-order valence-electron chi connectivity index (χ3n) is 6.08. The average molecular weight is 454 g/mol. The summed E-state index contributed by atoms with van der Waals surface area (Å²) in [5, 5.41) is 15.6. The Morgan fingerprint density at radius 3 is 2.61 bits per heavy atom. The predicted molar refractivity (Wildman–Crippen MR) is 123 cm³/mol. The SMILES string of the molecule is CCC(C)C(Nc1cnccn1)C(=O)NC(Cc1ccccc1)C(=O)N1CCC[C@H]1C(=O)O. The van der Waals surface area contributed by atoms with Gasteiger partial charge in [0, 0.05) is 25.4 Å². The highest BCUT2D eigenvalue weighted by molar-refractivity contribution is 5.93. The first-order valence-electron chi connectivity index (χ1n) is 11.3. The number of nitrogens with zero attached hydrogens (tertiary/aromatic N) is 3. The molecule has 0 aliphatic carbocycles. The van der Waals surface area contributed by atoms with Crippen LogP contribution in [0.15, 0.2) is 48.9 Å². The van der Waals surface area contributed by atoms with Crippen molar-refractivity contribution in [2.24, 2.45) is 5.92 Å². The fraction of sp³-hybridized carbons (Fsp3) is 0.458. The van der Waals surface area contributed by atoms with Crippen molar-refractivity contribution in [2.45, 2.75) is 57.7 Å². The van der Waals surface area contributed by atoms with Crippen LogP contribution in [-0.4, -0.2) is 62.4 Å². The number of anilines is 1. The number of benzene rings is 1. The minimum absolute atomic E-state index is 0.0435. The zero-order valence-corrected chi connectivity index (χ0v) is 19.0. The first-order valence-corrected chi connectivity index (χ1v) is 11.3. The Bertz CT molecular complexity index is 940. The molecule has 2 heterocycles. The van der Waals surface area contributed by atoms with Gasteiger partial charge in [0.15, 0.2) is 0 Å². The molecule has 2 aromatic rings. The van der Waals surface area contributed by atoms with Crippen LogP contribution in [0.4, 0.5) is 5.82 Å². The maximum Gasteiger partial charge on any atom is 0.326 e. The highest BCUT2D eigenvalue weighted by Crippen LogP contribution is 2.20. The van der Waals surface area contributed by atoms with Gasteiger partial charge in [-0.15, -0.1) is 0 Å². The molecule has 9 heteroatoms. The normalized spacial score (nSPS) is 18.2. The number of nitrogens with one attached hydrogen (secondary N) is 2. The van der Waals surface area contributed by atoms with Crippen LogP contribution in [-0.2, 0) is 20.8 Å². The summed E-state index contributed by atoms with van der Waals surface area (Å²) in [6.07, 6.45) is 6.66. The molecule has 2 amide bonds. The molecule has 0 bridgehead atoms. The number of hydrogen-bond donors (Lipinski definition) is 3. The van der Waals surface area contributed by atoms with Crippen molar-refractivity contribution < 1.29 is 19.5 Å². The van der Waals surface area contributed by atoms with Crippen LogP contribution in [0.5, 0.6) is 0 Å². The summed E-state index contributed by atoms with van der Waals surface area (Å²) in [4.78, 5) is 48.1. The highest BCUT2D eigenvalue weighted by atomic mass is 16.4. The molecule has 1 aromatic heterocycles. The summed E-state index contributed by atoms with van der Waals surface area (Å²) in [7, 11) is 0. The fourth-order valence-corrected chi connectivity index (χ4v) is 4.03. The van der Waals surface area contributed by atoms with E-state index in [1.165, 1.54) is 17.3 Å². The summed E-state index contributed by atoms with van der Waals surface area (Å²) >= 11 is 0. The lowest BCUT2D eigenvalue weighted by Crippen LogP contribution is -2.56. The van der Waals surface area contributed by atoms with E-state index >= 15 is 0 Å². The predicted octanol–water partition coefficient (Wildman–Crippen LogP) is 2.11. The molecule has 1 fully saturated rings. The number of carboxylic acids is 1. The zero-order valence-electron chi connectivity index (χ0n) is 19.0. The van der Waals surface area contributed by atoms with Gasteiger partial charge in [-0.1, -0.05) is 50.6 Å². The van der Waals surface area contributed by atoms with Crippen molar-refractivity contribution in [1.82, 2.24) is 20.2 Å². The molecular weight excluding hydrogens is 422 g/mol. The van der Waals surface area contributed by atoms with Crippen LogP contribution >= 0.6 is 0 Å². The maximum absolute atomic E-state index is 13.4. The molecule has 1 aromatic carbocycles. The van der Waals surface area contributed by atoms with E-state index in [-0.39, 0.29) is 24.2 Å². The van der Waals surface area contributed by atoms with Crippen LogP contribution < -0.4 is 10.6 Å². The molecule has 3 unspecified atom stereocenters. The zero-order chi connectivity index (χ0) is 23.8. The van der Waals surface area contributed by atoms with Crippen LogP contribution in [0.1, 0.15) is 38.7 Å². The van der Waals surface area contributed by atoms with E-state index in [0.717, 1.165) is 12.0 Å². The number of carbonyl (C=O) groups is 3. The van der Waals surface area contributed by atoms with Gasteiger partial charge in [0.25, 0.3) is 0 Å². The molecule has 4 atom stereocenters.